The second kappa shape index (κ2) is 7.11. The van der Waals surface area contributed by atoms with Gasteiger partial charge < -0.3 is 5.32 Å². The number of hydrogen-bond donors (Lipinski definition) is 2. The lowest BCUT2D eigenvalue weighted by atomic mass is 10.0. The summed E-state index contributed by atoms with van der Waals surface area (Å²) in [5.41, 5.74) is 5.47. The first-order valence-corrected chi connectivity index (χ1v) is 10.6. The molecule has 0 radical (unpaired) electrons. The lowest BCUT2D eigenvalue weighted by molar-refractivity contribution is 0.0940. The fourth-order valence-electron chi connectivity index (χ4n) is 3.30. The van der Waals surface area contributed by atoms with E-state index in [2.05, 4.69) is 28.2 Å². The van der Waals surface area contributed by atoms with Gasteiger partial charge in [-0.25, -0.2) is 8.42 Å². The van der Waals surface area contributed by atoms with Gasteiger partial charge in [-0.3, -0.25) is 9.52 Å². The van der Waals surface area contributed by atoms with Crippen LogP contribution in [-0.2, 0) is 22.9 Å². The Balaban J connectivity index is 1.76. The van der Waals surface area contributed by atoms with Crippen LogP contribution in [0, 0.1) is 6.92 Å². The van der Waals surface area contributed by atoms with Crippen LogP contribution in [-0.4, -0.2) is 20.6 Å². The summed E-state index contributed by atoms with van der Waals surface area (Å²) in [6.07, 6.45) is 4.52. The molecule has 2 N–H and O–H groups in total. The number of fused-ring (bicyclic) bond motifs is 1. The van der Waals surface area contributed by atoms with E-state index in [4.69, 9.17) is 0 Å². The van der Waals surface area contributed by atoms with E-state index < -0.39 is 10.0 Å². The molecule has 26 heavy (non-hydrogen) atoms. The molecule has 0 aliphatic heterocycles. The van der Waals surface area contributed by atoms with Gasteiger partial charge in [0.2, 0.25) is 10.0 Å². The summed E-state index contributed by atoms with van der Waals surface area (Å²) in [5, 5.41) is 3.00. The average Bonchev–Trinajstić information content (AvgIpc) is 3.03. The van der Waals surface area contributed by atoms with Gasteiger partial charge in [-0.05, 0) is 67.5 Å². The number of rotatable bonds is 5. The van der Waals surface area contributed by atoms with Crippen molar-refractivity contribution in [2.24, 2.45) is 0 Å². The van der Waals surface area contributed by atoms with Gasteiger partial charge >= 0.3 is 0 Å². The molecule has 0 bridgehead atoms. The van der Waals surface area contributed by atoms with Crippen LogP contribution in [0.15, 0.2) is 36.4 Å². The molecule has 1 aliphatic carbocycles. The maximum absolute atomic E-state index is 12.6. The molecule has 0 spiro atoms. The molecule has 138 valence electrons. The molecule has 0 fully saturated rings. The van der Waals surface area contributed by atoms with E-state index in [1.165, 1.54) is 17.5 Å². The molecular formula is C20H24N2O3S. The van der Waals surface area contributed by atoms with Crippen molar-refractivity contribution in [3.8, 4) is 0 Å². The lowest BCUT2D eigenvalue weighted by Gasteiger charge is -2.16. The van der Waals surface area contributed by atoms with Crippen LogP contribution >= 0.6 is 0 Å². The predicted octanol–water partition coefficient (Wildman–Crippen LogP) is 3.35. The number of amides is 1. The minimum Gasteiger partial charge on any atom is -0.346 e. The maximum atomic E-state index is 12.6. The number of hydrogen-bond acceptors (Lipinski definition) is 3. The predicted molar refractivity (Wildman–Crippen MR) is 104 cm³/mol. The van der Waals surface area contributed by atoms with Crippen molar-refractivity contribution in [3.63, 3.8) is 0 Å². The largest absolute Gasteiger partial charge is 0.346 e. The van der Waals surface area contributed by atoms with E-state index in [0.717, 1.165) is 30.2 Å². The van der Waals surface area contributed by atoms with Crippen molar-refractivity contribution in [1.82, 2.24) is 5.32 Å². The topological polar surface area (TPSA) is 75.3 Å². The zero-order valence-electron chi connectivity index (χ0n) is 15.3. The van der Waals surface area contributed by atoms with Crippen molar-refractivity contribution < 1.29 is 13.2 Å². The molecular weight excluding hydrogens is 348 g/mol. The Bertz CT molecular complexity index is 952. The molecule has 2 aromatic carbocycles. The van der Waals surface area contributed by atoms with Crippen molar-refractivity contribution in [2.75, 3.05) is 11.0 Å². The Labute approximate surface area is 154 Å². The zero-order chi connectivity index (χ0) is 18.9. The third-order valence-electron chi connectivity index (χ3n) is 4.77. The molecule has 0 saturated heterocycles. The summed E-state index contributed by atoms with van der Waals surface area (Å²) in [6, 6.07) is 11.3. The van der Waals surface area contributed by atoms with Crippen LogP contribution in [0.3, 0.4) is 0 Å². The highest BCUT2D eigenvalue weighted by Gasteiger charge is 2.16. The van der Waals surface area contributed by atoms with Crippen LogP contribution in [0.5, 0.6) is 0 Å². The van der Waals surface area contributed by atoms with Crippen LogP contribution in [0.4, 0.5) is 5.69 Å². The first-order chi connectivity index (χ1) is 12.2. The van der Waals surface area contributed by atoms with E-state index in [0.29, 0.717) is 11.3 Å². The van der Waals surface area contributed by atoms with E-state index >= 15 is 0 Å². The van der Waals surface area contributed by atoms with Crippen LogP contribution in [0.25, 0.3) is 0 Å². The van der Waals surface area contributed by atoms with Gasteiger partial charge in [0.15, 0.2) is 0 Å². The monoisotopic (exact) mass is 372 g/mol. The highest BCUT2D eigenvalue weighted by Crippen LogP contribution is 2.26. The first-order valence-electron chi connectivity index (χ1n) is 8.74. The number of carbonyl (C=O) groups excluding carboxylic acids is 1. The highest BCUT2D eigenvalue weighted by molar-refractivity contribution is 7.92. The van der Waals surface area contributed by atoms with Crippen LogP contribution in [0.2, 0.25) is 0 Å². The number of anilines is 1. The standard InChI is InChI=1S/C20H24N2O3S/c1-13-7-8-18(12-19(13)22-26(3,24)25)20(23)21-14(2)16-10-9-15-5-4-6-17(15)11-16/h7-12,14,22H,4-6H2,1-3H3,(H,21,23)/t14-/m0/s1. The van der Waals surface area contributed by atoms with E-state index in [1.54, 1.807) is 25.1 Å². The minimum absolute atomic E-state index is 0.124. The minimum atomic E-state index is -3.40. The smallest absolute Gasteiger partial charge is 0.251 e. The van der Waals surface area contributed by atoms with Crippen molar-refractivity contribution >= 4 is 21.6 Å². The average molecular weight is 372 g/mol. The second-order valence-corrected chi connectivity index (χ2v) is 8.73. The number of nitrogens with one attached hydrogen (secondary N) is 2. The molecule has 1 aliphatic rings. The quantitative estimate of drug-likeness (QED) is 0.845. The Morgan fingerprint density at radius 3 is 2.54 bits per heavy atom. The third kappa shape index (κ3) is 4.25. The molecule has 5 nitrogen and oxygen atoms in total. The zero-order valence-corrected chi connectivity index (χ0v) is 16.1. The summed E-state index contributed by atoms with van der Waals surface area (Å²) in [5.74, 6) is -0.227. The van der Waals surface area contributed by atoms with Gasteiger partial charge in [0.25, 0.3) is 5.91 Å². The second-order valence-electron chi connectivity index (χ2n) is 6.98. The Hall–Kier alpha value is -2.34. The SMILES string of the molecule is Cc1ccc(C(=O)N[C@@H](C)c2ccc3c(c2)CCC3)cc1NS(C)(=O)=O. The van der Waals surface area contributed by atoms with E-state index in [1.807, 2.05) is 6.92 Å². The summed E-state index contributed by atoms with van der Waals surface area (Å²) < 4.78 is 25.4. The Morgan fingerprint density at radius 1 is 1.08 bits per heavy atom. The van der Waals surface area contributed by atoms with E-state index in [9.17, 15) is 13.2 Å². The first kappa shape index (κ1) is 18.5. The normalized spacial score (nSPS) is 14.6. The molecule has 0 aromatic heterocycles. The van der Waals surface area contributed by atoms with Crippen LogP contribution in [0.1, 0.15) is 52.0 Å². The molecule has 0 heterocycles. The van der Waals surface area contributed by atoms with Crippen molar-refractivity contribution in [2.45, 2.75) is 39.2 Å². The van der Waals surface area contributed by atoms with Gasteiger partial charge in [0.1, 0.15) is 0 Å². The van der Waals surface area contributed by atoms with Crippen LogP contribution < -0.4 is 10.0 Å². The molecule has 6 heteroatoms. The van der Waals surface area contributed by atoms with Gasteiger partial charge in [0, 0.05) is 5.56 Å². The fraction of sp³-hybridized carbons (Fsp3) is 0.350. The number of carbonyl (C=O) groups is 1. The molecule has 1 atom stereocenters. The van der Waals surface area contributed by atoms with Gasteiger partial charge in [-0.15, -0.1) is 0 Å². The molecule has 3 rings (SSSR count). The Kier molecular flexibility index (Phi) is 5.05. The van der Waals surface area contributed by atoms with Crippen molar-refractivity contribution in [1.29, 1.82) is 0 Å². The molecule has 0 unspecified atom stereocenters. The summed E-state index contributed by atoms with van der Waals surface area (Å²) in [7, 11) is -3.40. The number of aryl methyl sites for hydroxylation is 3. The van der Waals surface area contributed by atoms with Crippen molar-refractivity contribution in [3.05, 3.63) is 64.2 Å². The lowest BCUT2D eigenvalue weighted by Crippen LogP contribution is -2.27. The van der Waals surface area contributed by atoms with Gasteiger partial charge in [-0.1, -0.05) is 24.3 Å². The highest BCUT2D eigenvalue weighted by atomic mass is 32.2. The molecule has 1 amide bonds. The number of sulfonamides is 1. The molecule has 2 aromatic rings. The van der Waals surface area contributed by atoms with E-state index in [-0.39, 0.29) is 11.9 Å². The summed E-state index contributed by atoms with van der Waals surface area (Å²) in [4.78, 5) is 12.6. The Morgan fingerprint density at radius 2 is 1.81 bits per heavy atom. The van der Waals surface area contributed by atoms with Gasteiger partial charge in [0.05, 0.1) is 18.0 Å². The third-order valence-corrected chi connectivity index (χ3v) is 5.36. The number of benzene rings is 2. The summed E-state index contributed by atoms with van der Waals surface area (Å²) >= 11 is 0. The molecule has 0 saturated carbocycles. The maximum Gasteiger partial charge on any atom is 0.251 e. The fourth-order valence-corrected chi connectivity index (χ4v) is 3.92. The van der Waals surface area contributed by atoms with Gasteiger partial charge in [-0.2, -0.15) is 0 Å². The summed E-state index contributed by atoms with van der Waals surface area (Å²) in [6.45, 7) is 3.75.